The van der Waals surface area contributed by atoms with E-state index in [9.17, 15) is 9.90 Å². The zero-order valence-corrected chi connectivity index (χ0v) is 8.56. The summed E-state index contributed by atoms with van der Waals surface area (Å²) in [7, 11) is 0. The summed E-state index contributed by atoms with van der Waals surface area (Å²) in [5, 5.41) is 15.7. The molecule has 1 amide bonds. The Balaban J connectivity index is 1.84. The Kier molecular flexibility index (Phi) is 2.73. The molecule has 2 rings (SSSR count). The van der Waals surface area contributed by atoms with Crippen LogP contribution >= 0.6 is 0 Å². The summed E-state index contributed by atoms with van der Waals surface area (Å²) in [6, 6.07) is 0. The molecule has 0 aromatic carbocycles. The first-order chi connectivity index (χ1) is 7.18. The SMILES string of the molecule is Cc1oncc1C(=O)NCC(O)C1CC1. The van der Waals surface area contributed by atoms with Crippen LogP contribution in [0.3, 0.4) is 0 Å². The lowest BCUT2D eigenvalue weighted by molar-refractivity contribution is 0.0899. The standard InChI is InChI=1S/C10H14N2O3/c1-6-8(4-12-15-6)10(14)11-5-9(13)7-2-3-7/h4,7,9,13H,2-3,5H2,1H3,(H,11,14). The molecule has 1 heterocycles. The molecule has 1 aliphatic carbocycles. The van der Waals surface area contributed by atoms with Gasteiger partial charge in [0.1, 0.15) is 11.3 Å². The van der Waals surface area contributed by atoms with Crippen molar-refractivity contribution in [1.82, 2.24) is 10.5 Å². The van der Waals surface area contributed by atoms with Gasteiger partial charge in [-0.25, -0.2) is 0 Å². The van der Waals surface area contributed by atoms with E-state index in [1.165, 1.54) is 6.20 Å². The van der Waals surface area contributed by atoms with Gasteiger partial charge in [0.2, 0.25) is 0 Å². The minimum absolute atomic E-state index is 0.242. The first kappa shape index (κ1) is 10.2. The maximum atomic E-state index is 11.6. The van der Waals surface area contributed by atoms with Crippen molar-refractivity contribution in [2.45, 2.75) is 25.9 Å². The topological polar surface area (TPSA) is 75.4 Å². The molecule has 0 bridgehead atoms. The Morgan fingerprint density at radius 2 is 2.53 bits per heavy atom. The van der Waals surface area contributed by atoms with Crippen molar-refractivity contribution in [3.63, 3.8) is 0 Å². The third-order valence-electron chi connectivity index (χ3n) is 2.63. The van der Waals surface area contributed by atoms with Crippen LogP contribution < -0.4 is 5.32 Å². The van der Waals surface area contributed by atoms with Crippen LogP contribution in [0, 0.1) is 12.8 Å². The highest BCUT2D eigenvalue weighted by Crippen LogP contribution is 2.32. The highest BCUT2D eigenvalue weighted by atomic mass is 16.5. The molecule has 1 saturated carbocycles. The van der Waals surface area contributed by atoms with Crippen LogP contribution in [0.25, 0.3) is 0 Å². The van der Waals surface area contributed by atoms with Crippen LogP contribution in [-0.2, 0) is 0 Å². The molecule has 1 aromatic heterocycles. The molecule has 1 atom stereocenters. The van der Waals surface area contributed by atoms with Gasteiger partial charge in [-0.2, -0.15) is 0 Å². The van der Waals surface area contributed by atoms with Crippen LogP contribution in [0.15, 0.2) is 10.7 Å². The number of amides is 1. The zero-order valence-electron chi connectivity index (χ0n) is 8.56. The molecular weight excluding hydrogens is 196 g/mol. The van der Waals surface area contributed by atoms with Crippen molar-refractivity contribution in [3.8, 4) is 0 Å². The smallest absolute Gasteiger partial charge is 0.256 e. The number of carbonyl (C=O) groups excluding carboxylic acids is 1. The highest BCUT2D eigenvalue weighted by Gasteiger charge is 2.29. The van der Waals surface area contributed by atoms with Crippen LogP contribution in [-0.4, -0.2) is 28.8 Å². The van der Waals surface area contributed by atoms with E-state index < -0.39 is 6.10 Å². The van der Waals surface area contributed by atoms with E-state index in [4.69, 9.17) is 4.52 Å². The van der Waals surface area contributed by atoms with Gasteiger partial charge in [0.25, 0.3) is 5.91 Å². The van der Waals surface area contributed by atoms with E-state index >= 15 is 0 Å². The number of aliphatic hydroxyl groups excluding tert-OH is 1. The van der Waals surface area contributed by atoms with Crippen molar-refractivity contribution in [2.75, 3.05) is 6.54 Å². The third kappa shape index (κ3) is 2.36. The van der Waals surface area contributed by atoms with Crippen LogP contribution in [0.4, 0.5) is 0 Å². The van der Waals surface area contributed by atoms with Crippen molar-refractivity contribution < 1.29 is 14.4 Å². The number of nitrogens with one attached hydrogen (secondary N) is 1. The molecule has 5 heteroatoms. The van der Waals surface area contributed by atoms with Crippen LogP contribution in [0.2, 0.25) is 0 Å². The molecule has 82 valence electrons. The Hall–Kier alpha value is -1.36. The lowest BCUT2D eigenvalue weighted by Crippen LogP contribution is -2.33. The van der Waals surface area contributed by atoms with Gasteiger partial charge in [0.05, 0.1) is 12.3 Å². The Labute approximate surface area is 87.5 Å². The molecule has 1 fully saturated rings. The Morgan fingerprint density at radius 1 is 1.80 bits per heavy atom. The fourth-order valence-corrected chi connectivity index (χ4v) is 1.46. The monoisotopic (exact) mass is 210 g/mol. The summed E-state index contributed by atoms with van der Waals surface area (Å²) in [5.74, 6) is 0.621. The fraction of sp³-hybridized carbons (Fsp3) is 0.600. The van der Waals surface area contributed by atoms with Crippen LogP contribution in [0.1, 0.15) is 29.0 Å². The second-order valence-corrected chi connectivity index (χ2v) is 3.91. The average Bonchev–Trinajstić information content (AvgIpc) is 2.98. The highest BCUT2D eigenvalue weighted by molar-refractivity contribution is 5.94. The van der Waals surface area contributed by atoms with Crippen molar-refractivity contribution in [3.05, 3.63) is 17.5 Å². The first-order valence-electron chi connectivity index (χ1n) is 5.06. The van der Waals surface area contributed by atoms with Crippen molar-refractivity contribution in [1.29, 1.82) is 0 Å². The van der Waals surface area contributed by atoms with E-state index in [1.807, 2.05) is 0 Å². The summed E-state index contributed by atoms with van der Waals surface area (Å²) in [5.41, 5.74) is 0.429. The number of hydrogen-bond acceptors (Lipinski definition) is 4. The lowest BCUT2D eigenvalue weighted by atomic mass is 10.2. The summed E-state index contributed by atoms with van der Waals surface area (Å²) in [6.45, 7) is 1.98. The molecule has 2 N–H and O–H groups in total. The van der Waals surface area contributed by atoms with Crippen molar-refractivity contribution >= 4 is 5.91 Å². The number of rotatable bonds is 4. The first-order valence-corrected chi connectivity index (χ1v) is 5.06. The van der Waals surface area contributed by atoms with Gasteiger partial charge < -0.3 is 14.9 Å². The predicted octanol–water partition coefficient (Wildman–Crippen LogP) is 0.484. The van der Waals surface area contributed by atoms with E-state index in [0.717, 1.165) is 12.8 Å². The zero-order chi connectivity index (χ0) is 10.8. The molecule has 0 saturated heterocycles. The summed E-state index contributed by atoms with van der Waals surface area (Å²) in [6.07, 6.45) is 3.08. The van der Waals surface area contributed by atoms with Crippen LogP contribution in [0.5, 0.6) is 0 Å². The Bertz CT molecular complexity index is 357. The van der Waals surface area contributed by atoms with E-state index in [1.54, 1.807) is 6.92 Å². The molecule has 0 radical (unpaired) electrons. The number of aliphatic hydroxyl groups is 1. The van der Waals surface area contributed by atoms with Gasteiger partial charge in [-0.1, -0.05) is 5.16 Å². The maximum absolute atomic E-state index is 11.6. The molecule has 15 heavy (non-hydrogen) atoms. The fourth-order valence-electron chi connectivity index (χ4n) is 1.46. The minimum Gasteiger partial charge on any atom is -0.391 e. The van der Waals surface area contributed by atoms with Gasteiger partial charge in [-0.05, 0) is 25.7 Å². The lowest BCUT2D eigenvalue weighted by Gasteiger charge is -2.09. The van der Waals surface area contributed by atoms with Gasteiger partial charge in [0, 0.05) is 6.54 Å². The number of aryl methyl sites for hydroxylation is 1. The van der Waals surface area contributed by atoms with Gasteiger partial charge in [-0.3, -0.25) is 4.79 Å². The molecule has 1 aromatic rings. The largest absolute Gasteiger partial charge is 0.391 e. The summed E-state index contributed by atoms with van der Waals surface area (Å²) < 4.78 is 4.78. The minimum atomic E-state index is -0.422. The maximum Gasteiger partial charge on any atom is 0.256 e. The van der Waals surface area contributed by atoms with Gasteiger partial charge >= 0.3 is 0 Å². The number of nitrogens with zero attached hydrogens (tertiary/aromatic N) is 1. The Morgan fingerprint density at radius 3 is 3.07 bits per heavy atom. The third-order valence-corrected chi connectivity index (χ3v) is 2.63. The molecule has 0 aliphatic heterocycles. The molecular formula is C10H14N2O3. The van der Waals surface area contributed by atoms with E-state index in [2.05, 4.69) is 10.5 Å². The summed E-state index contributed by atoms with van der Waals surface area (Å²) >= 11 is 0. The second-order valence-electron chi connectivity index (χ2n) is 3.91. The molecule has 0 spiro atoms. The molecule has 1 unspecified atom stereocenters. The number of aromatic nitrogens is 1. The number of carbonyl (C=O) groups is 1. The van der Waals surface area contributed by atoms with Crippen molar-refractivity contribution in [2.24, 2.45) is 5.92 Å². The molecule has 5 nitrogen and oxygen atoms in total. The number of hydrogen-bond donors (Lipinski definition) is 2. The van der Waals surface area contributed by atoms with E-state index in [-0.39, 0.29) is 5.91 Å². The van der Waals surface area contributed by atoms with E-state index in [0.29, 0.717) is 23.8 Å². The normalized spacial score (nSPS) is 17.5. The second kappa shape index (κ2) is 4.02. The quantitative estimate of drug-likeness (QED) is 0.758. The summed E-state index contributed by atoms with van der Waals surface area (Å²) in [4.78, 5) is 11.6. The molecule has 1 aliphatic rings. The average molecular weight is 210 g/mol. The van der Waals surface area contributed by atoms with Gasteiger partial charge in [-0.15, -0.1) is 0 Å². The predicted molar refractivity (Wildman–Crippen MR) is 52.3 cm³/mol. The van der Waals surface area contributed by atoms with Gasteiger partial charge in [0.15, 0.2) is 0 Å².